The van der Waals surface area contributed by atoms with Gasteiger partial charge in [0.2, 0.25) is 5.95 Å². The third-order valence-electron chi connectivity index (χ3n) is 3.35. The molecule has 0 bridgehead atoms. The van der Waals surface area contributed by atoms with Gasteiger partial charge in [0.15, 0.2) is 0 Å². The highest BCUT2D eigenvalue weighted by Gasteiger charge is 2.26. The lowest BCUT2D eigenvalue weighted by Crippen LogP contribution is -2.54. The summed E-state index contributed by atoms with van der Waals surface area (Å²) in [5.41, 5.74) is 5.77. The summed E-state index contributed by atoms with van der Waals surface area (Å²) in [5.74, 6) is 0.818. The summed E-state index contributed by atoms with van der Waals surface area (Å²) < 4.78 is 1.69. The first kappa shape index (κ1) is 13.2. The number of anilines is 1. The summed E-state index contributed by atoms with van der Waals surface area (Å²) in [6.45, 7) is 5.77. The van der Waals surface area contributed by atoms with Crippen LogP contribution in [0.2, 0.25) is 0 Å². The van der Waals surface area contributed by atoms with Gasteiger partial charge in [0.25, 0.3) is 0 Å². The van der Waals surface area contributed by atoms with Crippen molar-refractivity contribution in [1.29, 1.82) is 0 Å². The van der Waals surface area contributed by atoms with Crippen LogP contribution in [0.25, 0.3) is 0 Å². The van der Waals surface area contributed by atoms with Crippen LogP contribution in [0.4, 0.5) is 5.95 Å². The van der Waals surface area contributed by atoms with Crippen molar-refractivity contribution in [3.8, 4) is 0 Å². The minimum Gasteiger partial charge on any atom is -0.392 e. The minimum absolute atomic E-state index is 0.208. The first-order chi connectivity index (χ1) is 8.63. The summed E-state index contributed by atoms with van der Waals surface area (Å²) in [6.07, 6.45) is 0.959. The minimum atomic E-state index is 0.208. The van der Waals surface area contributed by atoms with Crippen LogP contribution < -0.4 is 10.6 Å². The molecule has 1 fully saturated rings. The van der Waals surface area contributed by atoms with E-state index in [4.69, 9.17) is 18.0 Å². The summed E-state index contributed by atoms with van der Waals surface area (Å²) >= 11 is 5.11. The van der Waals surface area contributed by atoms with E-state index in [1.54, 1.807) is 4.68 Å². The number of hydrogen-bond acceptors (Lipinski definition) is 6. The average molecular weight is 269 g/mol. The first-order valence-electron chi connectivity index (χ1n) is 6.14. The molecule has 0 radical (unpaired) electrons. The maximum atomic E-state index is 5.77. The topological polar surface area (TPSA) is 76.1 Å². The summed E-state index contributed by atoms with van der Waals surface area (Å²) in [7, 11) is 1.85. The van der Waals surface area contributed by atoms with Crippen LogP contribution in [-0.4, -0.2) is 62.3 Å². The van der Waals surface area contributed by atoms with Gasteiger partial charge in [0.1, 0.15) is 0 Å². The second-order valence-corrected chi connectivity index (χ2v) is 4.92. The van der Waals surface area contributed by atoms with E-state index in [-0.39, 0.29) is 6.04 Å². The quantitative estimate of drug-likeness (QED) is 0.731. The third-order valence-corrected chi connectivity index (χ3v) is 3.62. The van der Waals surface area contributed by atoms with Gasteiger partial charge in [-0.25, -0.2) is 4.68 Å². The number of nitrogens with zero attached hydrogens (tertiary/aromatic N) is 6. The molecule has 2 heterocycles. The standard InChI is InChI=1S/C10H19N7S/c1-3-8(9(11)18)16-4-6-17(7-5-16)10-12-13-14-15(10)2/h8H,3-7H2,1-2H3,(H2,11,18). The normalized spacial score (nSPS) is 18.9. The largest absolute Gasteiger partial charge is 0.392 e. The van der Waals surface area contributed by atoms with E-state index in [2.05, 4.69) is 32.2 Å². The number of hydrogen-bond donors (Lipinski definition) is 1. The van der Waals surface area contributed by atoms with Gasteiger partial charge in [-0.1, -0.05) is 24.2 Å². The molecule has 1 aliphatic rings. The van der Waals surface area contributed by atoms with Gasteiger partial charge in [-0.3, -0.25) is 4.90 Å². The Bertz CT molecular complexity index is 410. The van der Waals surface area contributed by atoms with E-state index in [1.807, 2.05) is 7.05 Å². The Hall–Kier alpha value is -1.28. The Labute approximate surface area is 112 Å². The first-order valence-corrected chi connectivity index (χ1v) is 6.55. The second-order valence-electron chi connectivity index (χ2n) is 4.45. The predicted molar refractivity (Wildman–Crippen MR) is 73.4 cm³/mol. The lowest BCUT2D eigenvalue weighted by atomic mass is 10.1. The molecular formula is C10H19N7S. The molecule has 1 atom stereocenters. The number of nitrogens with two attached hydrogens (primary N) is 1. The highest BCUT2D eigenvalue weighted by molar-refractivity contribution is 7.80. The summed E-state index contributed by atoms with van der Waals surface area (Å²) in [6, 6.07) is 0.208. The molecular weight excluding hydrogens is 250 g/mol. The number of piperazine rings is 1. The SMILES string of the molecule is CCC(C(N)=S)N1CCN(c2nnnn2C)CC1. The molecule has 18 heavy (non-hydrogen) atoms. The van der Waals surface area contributed by atoms with E-state index in [9.17, 15) is 0 Å². The average Bonchev–Trinajstić information content (AvgIpc) is 2.77. The molecule has 0 aliphatic carbocycles. The van der Waals surface area contributed by atoms with Crippen LogP contribution in [0.5, 0.6) is 0 Å². The molecule has 0 spiro atoms. The Morgan fingerprint density at radius 3 is 2.50 bits per heavy atom. The van der Waals surface area contributed by atoms with Crippen molar-refractivity contribution in [2.75, 3.05) is 31.1 Å². The molecule has 0 amide bonds. The molecule has 1 unspecified atom stereocenters. The number of thiocarbonyl (C=S) groups is 1. The van der Waals surface area contributed by atoms with Crippen molar-refractivity contribution in [2.45, 2.75) is 19.4 Å². The van der Waals surface area contributed by atoms with E-state index < -0.39 is 0 Å². The number of tetrazole rings is 1. The zero-order chi connectivity index (χ0) is 13.1. The monoisotopic (exact) mass is 269 g/mol. The maximum absolute atomic E-state index is 5.77. The third kappa shape index (κ3) is 2.59. The van der Waals surface area contributed by atoms with Gasteiger partial charge < -0.3 is 10.6 Å². The van der Waals surface area contributed by atoms with Crippen molar-refractivity contribution in [3.05, 3.63) is 0 Å². The van der Waals surface area contributed by atoms with E-state index >= 15 is 0 Å². The molecule has 1 aliphatic heterocycles. The van der Waals surface area contributed by atoms with Gasteiger partial charge in [-0.2, -0.15) is 0 Å². The number of aromatic nitrogens is 4. The molecule has 2 N–H and O–H groups in total. The zero-order valence-electron chi connectivity index (χ0n) is 10.8. The lowest BCUT2D eigenvalue weighted by molar-refractivity contribution is 0.223. The number of rotatable bonds is 4. The van der Waals surface area contributed by atoms with Crippen LogP contribution in [0, 0.1) is 0 Å². The Balaban J connectivity index is 1.96. The fourth-order valence-electron chi connectivity index (χ4n) is 2.37. The van der Waals surface area contributed by atoms with E-state index in [0.717, 1.165) is 38.5 Å². The molecule has 1 aromatic rings. The Kier molecular flexibility index (Phi) is 4.07. The highest BCUT2D eigenvalue weighted by Crippen LogP contribution is 2.14. The Morgan fingerprint density at radius 1 is 1.39 bits per heavy atom. The fraction of sp³-hybridized carbons (Fsp3) is 0.800. The molecule has 0 saturated carbocycles. The van der Waals surface area contributed by atoms with Gasteiger partial charge in [-0.15, -0.1) is 0 Å². The van der Waals surface area contributed by atoms with Gasteiger partial charge in [0.05, 0.1) is 11.0 Å². The summed E-state index contributed by atoms with van der Waals surface area (Å²) in [4.78, 5) is 5.11. The van der Waals surface area contributed by atoms with Crippen LogP contribution in [-0.2, 0) is 7.05 Å². The molecule has 8 heteroatoms. The van der Waals surface area contributed by atoms with E-state index in [1.165, 1.54) is 0 Å². The van der Waals surface area contributed by atoms with Crippen molar-refractivity contribution in [1.82, 2.24) is 25.1 Å². The molecule has 100 valence electrons. The van der Waals surface area contributed by atoms with Crippen molar-refractivity contribution >= 4 is 23.2 Å². The molecule has 0 aromatic carbocycles. The fourth-order valence-corrected chi connectivity index (χ4v) is 2.68. The predicted octanol–water partition coefficient (Wildman–Crippen LogP) is -0.603. The smallest absolute Gasteiger partial charge is 0.245 e. The molecule has 1 saturated heterocycles. The second kappa shape index (κ2) is 5.57. The van der Waals surface area contributed by atoms with Gasteiger partial charge in [-0.05, 0) is 16.8 Å². The van der Waals surface area contributed by atoms with Crippen LogP contribution in [0.1, 0.15) is 13.3 Å². The van der Waals surface area contributed by atoms with Crippen LogP contribution >= 0.6 is 12.2 Å². The van der Waals surface area contributed by atoms with Crippen molar-refractivity contribution < 1.29 is 0 Å². The van der Waals surface area contributed by atoms with Crippen molar-refractivity contribution in [2.24, 2.45) is 12.8 Å². The maximum Gasteiger partial charge on any atom is 0.245 e. The van der Waals surface area contributed by atoms with Crippen LogP contribution in [0.15, 0.2) is 0 Å². The van der Waals surface area contributed by atoms with Gasteiger partial charge in [0, 0.05) is 33.2 Å². The Morgan fingerprint density at radius 2 is 2.06 bits per heavy atom. The molecule has 1 aromatic heterocycles. The van der Waals surface area contributed by atoms with E-state index in [0.29, 0.717) is 4.99 Å². The molecule has 2 rings (SSSR count). The zero-order valence-corrected chi connectivity index (χ0v) is 11.6. The highest BCUT2D eigenvalue weighted by atomic mass is 32.1. The lowest BCUT2D eigenvalue weighted by Gasteiger charge is -2.38. The molecule has 7 nitrogen and oxygen atoms in total. The van der Waals surface area contributed by atoms with Gasteiger partial charge >= 0.3 is 0 Å². The number of aryl methyl sites for hydroxylation is 1. The van der Waals surface area contributed by atoms with Crippen LogP contribution in [0.3, 0.4) is 0 Å². The summed E-state index contributed by atoms with van der Waals surface area (Å²) in [5, 5.41) is 11.5. The van der Waals surface area contributed by atoms with Crippen molar-refractivity contribution in [3.63, 3.8) is 0 Å².